The molecule has 7 nitrogen and oxygen atoms in total. The van der Waals surface area contributed by atoms with Crippen LogP contribution < -0.4 is 5.32 Å². The Hall–Kier alpha value is -2.67. The zero-order valence-corrected chi connectivity index (χ0v) is 14.3. The van der Waals surface area contributed by atoms with E-state index < -0.39 is 0 Å². The van der Waals surface area contributed by atoms with Crippen molar-refractivity contribution in [1.82, 2.24) is 15.0 Å². The van der Waals surface area contributed by atoms with E-state index in [0.29, 0.717) is 31.7 Å². The van der Waals surface area contributed by atoms with Gasteiger partial charge < -0.3 is 14.7 Å². The second kappa shape index (κ2) is 7.94. The maximum Gasteiger partial charge on any atom is 0.292 e. The zero-order valence-electron chi connectivity index (χ0n) is 14.3. The monoisotopic (exact) mass is 342 g/mol. The summed E-state index contributed by atoms with van der Waals surface area (Å²) in [7, 11) is 0. The Labute approximate surface area is 146 Å². The van der Waals surface area contributed by atoms with Crippen molar-refractivity contribution in [1.29, 1.82) is 0 Å². The molecule has 0 unspecified atom stereocenters. The Bertz CT molecular complexity index is 721. The van der Waals surface area contributed by atoms with Crippen LogP contribution in [-0.4, -0.2) is 59.5 Å². The lowest BCUT2D eigenvalue weighted by Crippen LogP contribution is -2.49. The molecule has 2 amide bonds. The summed E-state index contributed by atoms with van der Waals surface area (Å²) in [5.74, 6) is 0.164. The third kappa shape index (κ3) is 4.67. The minimum atomic E-state index is -0.123. The van der Waals surface area contributed by atoms with Crippen molar-refractivity contribution in [3.8, 4) is 0 Å². The molecule has 1 aliphatic rings. The lowest BCUT2D eigenvalue weighted by atomic mass is 10.2. The predicted molar refractivity (Wildman–Crippen MR) is 93.3 cm³/mol. The van der Waals surface area contributed by atoms with Gasteiger partial charge in [-0.15, -0.1) is 0 Å². The van der Waals surface area contributed by atoms with E-state index in [4.69, 9.17) is 4.52 Å². The number of anilines is 1. The highest BCUT2D eigenvalue weighted by Gasteiger charge is 2.24. The van der Waals surface area contributed by atoms with E-state index in [0.717, 1.165) is 18.8 Å². The van der Waals surface area contributed by atoms with Crippen molar-refractivity contribution in [2.24, 2.45) is 0 Å². The second-order valence-electron chi connectivity index (χ2n) is 6.13. The van der Waals surface area contributed by atoms with Crippen LogP contribution in [0.25, 0.3) is 0 Å². The molecule has 1 saturated heterocycles. The first-order valence-corrected chi connectivity index (χ1v) is 8.41. The van der Waals surface area contributed by atoms with Gasteiger partial charge in [0.25, 0.3) is 5.91 Å². The molecule has 1 fully saturated rings. The number of aryl methyl sites for hydroxylation is 1. The highest BCUT2D eigenvalue weighted by Crippen LogP contribution is 2.11. The van der Waals surface area contributed by atoms with Gasteiger partial charge in [0, 0.05) is 50.9 Å². The highest BCUT2D eigenvalue weighted by molar-refractivity contribution is 5.91. The number of amides is 2. The van der Waals surface area contributed by atoms with Crippen LogP contribution in [-0.2, 0) is 4.79 Å². The van der Waals surface area contributed by atoms with Crippen molar-refractivity contribution in [2.45, 2.75) is 13.3 Å². The largest absolute Gasteiger partial charge is 0.351 e. The fourth-order valence-corrected chi connectivity index (χ4v) is 2.80. The van der Waals surface area contributed by atoms with E-state index in [9.17, 15) is 9.59 Å². The molecule has 2 heterocycles. The third-order valence-electron chi connectivity index (χ3n) is 4.21. The average Bonchev–Trinajstić information content (AvgIpc) is 3.07. The van der Waals surface area contributed by atoms with Crippen LogP contribution in [0.3, 0.4) is 0 Å². The first-order valence-electron chi connectivity index (χ1n) is 8.41. The number of nitrogens with zero attached hydrogens (tertiary/aromatic N) is 3. The summed E-state index contributed by atoms with van der Waals surface area (Å²) in [4.78, 5) is 28.3. The van der Waals surface area contributed by atoms with E-state index in [1.165, 1.54) is 0 Å². The van der Waals surface area contributed by atoms with Crippen LogP contribution in [0.15, 0.2) is 40.9 Å². The lowest BCUT2D eigenvalue weighted by Gasteiger charge is -2.34. The maximum absolute atomic E-state index is 12.3. The summed E-state index contributed by atoms with van der Waals surface area (Å²) in [5.41, 5.74) is 1.51. The Morgan fingerprint density at radius 2 is 1.88 bits per heavy atom. The molecule has 1 aromatic carbocycles. The standard InChI is InChI=1S/C18H22N4O3/c1-14-13-16(25-20-14)18(24)22-11-9-21(10-12-22)8-7-17(23)19-15-5-3-2-4-6-15/h2-6,13H,7-12H2,1H3,(H,19,23). The molecule has 3 rings (SSSR count). The number of carbonyl (C=O) groups is 2. The van der Waals surface area contributed by atoms with Crippen molar-refractivity contribution in [3.63, 3.8) is 0 Å². The molecule has 0 atom stereocenters. The van der Waals surface area contributed by atoms with E-state index in [2.05, 4.69) is 15.4 Å². The van der Waals surface area contributed by atoms with E-state index in [1.807, 2.05) is 30.3 Å². The summed E-state index contributed by atoms with van der Waals surface area (Å²) in [5, 5.41) is 6.64. The summed E-state index contributed by atoms with van der Waals surface area (Å²) in [6, 6.07) is 11.1. The summed E-state index contributed by atoms with van der Waals surface area (Å²) in [6.07, 6.45) is 0.435. The Morgan fingerprint density at radius 3 is 2.52 bits per heavy atom. The summed E-state index contributed by atoms with van der Waals surface area (Å²) < 4.78 is 5.03. The molecule has 1 aliphatic heterocycles. The Kier molecular flexibility index (Phi) is 5.45. The number of rotatable bonds is 5. The zero-order chi connectivity index (χ0) is 17.6. The van der Waals surface area contributed by atoms with Gasteiger partial charge in [0.2, 0.25) is 11.7 Å². The highest BCUT2D eigenvalue weighted by atomic mass is 16.5. The number of nitrogens with one attached hydrogen (secondary N) is 1. The third-order valence-corrected chi connectivity index (χ3v) is 4.21. The topological polar surface area (TPSA) is 78.7 Å². The first-order chi connectivity index (χ1) is 12.1. The number of aromatic nitrogens is 1. The van der Waals surface area contributed by atoms with Crippen LogP contribution in [0.4, 0.5) is 5.69 Å². The van der Waals surface area contributed by atoms with Gasteiger partial charge in [-0.1, -0.05) is 23.4 Å². The van der Waals surface area contributed by atoms with Crippen LogP contribution in [0, 0.1) is 6.92 Å². The molecule has 0 spiro atoms. The average molecular weight is 342 g/mol. The molecule has 0 bridgehead atoms. The van der Waals surface area contributed by atoms with Gasteiger partial charge in [-0.3, -0.25) is 14.5 Å². The molecule has 132 valence electrons. The number of benzene rings is 1. The Morgan fingerprint density at radius 1 is 1.16 bits per heavy atom. The summed E-state index contributed by atoms with van der Waals surface area (Å²) in [6.45, 7) is 5.22. The molecule has 1 aromatic heterocycles. The number of piperazine rings is 1. The van der Waals surface area contributed by atoms with Crippen molar-refractivity contribution < 1.29 is 14.1 Å². The van der Waals surface area contributed by atoms with Gasteiger partial charge in [0.1, 0.15) is 0 Å². The van der Waals surface area contributed by atoms with Gasteiger partial charge in [-0.05, 0) is 19.1 Å². The molecule has 0 radical (unpaired) electrons. The van der Waals surface area contributed by atoms with Crippen molar-refractivity contribution in [2.75, 3.05) is 38.0 Å². The van der Waals surface area contributed by atoms with E-state index in [1.54, 1.807) is 17.9 Å². The second-order valence-corrected chi connectivity index (χ2v) is 6.13. The van der Waals surface area contributed by atoms with Gasteiger partial charge in [0.15, 0.2) is 0 Å². The summed E-state index contributed by atoms with van der Waals surface area (Å²) >= 11 is 0. The SMILES string of the molecule is Cc1cc(C(=O)N2CCN(CCC(=O)Nc3ccccc3)CC2)on1. The number of para-hydroxylation sites is 1. The smallest absolute Gasteiger partial charge is 0.292 e. The minimum Gasteiger partial charge on any atom is -0.351 e. The predicted octanol–water partition coefficient (Wildman–Crippen LogP) is 1.77. The quantitative estimate of drug-likeness (QED) is 0.896. The molecule has 0 aliphatic carbocycles. The van der Waals surface area contributed by atoms with Gasteiger partial charge >= 0.3 is 0 Å². The maximum atomic E-state index is 12.3. The number of carbonyl (C=O) groups excluding carboxylic acids is 2. The van der Waals surface area contributed by atoms with E-state index in [-0.39, 0.29) is 17.6 Å². The van der Waals surface area contributed by atoms with Crippen LogP contribution in [0.2, 0.25) is 0 Å². The van der Waals surface area contributed by atoms with Crippen LogP contribution in [0.5, 0.6) is 0 Å². The number of hydrogen-bond acceptors (Lipinski definition) is 5. The van der Waals surface area contributed by atoms with Crippen LogP contribution in [0.1, 0.15) is 22.7 Å². The Balaban J connectivity index is 1.40. The first kappa shape index (κ1) is 17.2. The lowest BCUT2D eigenvalue weighted by molar-refractivity contribution is -0.116. The van der Waals surface area contributed by atoms with Gasteiger partial charge in [-0.2, -0.15) is 0 Å². The van der Waals surface area contributed by atoms with Crippen molar-refractivity contribution in [3.05, 3.63) is 47.9 Å². The molecule has 0 saturated carbocycles. The van der Waals surface area contributed by atoms with Gasteiger partial charge in [0.05, 0.1) is 5.69 Å². The van der Waals surface area contributed by atoms with Crippen LogP contribution >= 0.6 is 0 Å². The molecule has 25 heavy (non-hydrogen) atoms. The molecular formula is C18H22N4O3. The van der Waals surface area contributed by atoms with Crippen molar-refractivity contribution >= 4 is 17.5 Å². The molecular weight excluding hydrogens is 320 g/mol. The fraction of sp³-hybridized carbons (Fsp3) is 0.389. The number of hydrogen-bond donors (Lipinski definition) is 1. The molecule has 2 aromatic rings. The normalized spacial score (nSPS) is 15.2. The molecule has 1 N–H and O–H groups in total. The minimum absolute atomic E-state index is 0.00170. The van der Waals surface area contributed by atoms with Gasteiger partial charge in [-0.25, -0.2) is 0 Å². The molecule has 7 heteroatoms. The fourth-order valence-electron chi connectivity index (χ4n) is 2.80. The van der Waals surface area contributed by atoms with E-state index >= 15 is 0 Å².